The lowest BCUT2D eigenvalue weighted by Gasteiger charge is -2.45. The first-order valence-electron chi connectivity index (χ1n) is 7.81. The topological polar surface area (TPSA) is 61.6 Å². The van der Waals surface area contributed by atoms with E-state index in [1.807, 2.05) is 6.92 Å². The molecular weight excluding hydrogens is 285 g/mol. The van der Waals surface area contributed by atoms with Crippen LogP contribution in [0.15, 0.2) is 24.3 Å². The largest absolute Gasteiger partial charge is 0.446 e. The molecule has 4 nitrogen and oxygen atoms in total. The summed E-state index contributed by atoms with van der Waals surface area (Å²) in [5.41, 5.74) is 4.91. The normalized spacial score (nSPS) is 24.5. The van der Waals surface area contributed by atoms with Gasteiger partial charge in [0, 0.05) is 18.6 Å². The zero-order valence-corrected chi connectivity index (χ0v) is 13.2. The van der Waals surface area contributed by atoms with Crippen LogP contribution in [0.1, 0.15) is 44.6 Å². The van der Waals surface area contributed by atoms with Crippen molar-refractivity contribution in [2.75, 3.05) is 7.11 Å². The summed E-state index contributed by atoms with van der Waals surface area (Å²) in [4.78, 5) is 11.2. The molecule has 0 bridgehead atoms. The summed E-state index contributed by atoms with van der Waals surface area (Å²) in [5, 5.41) is 0. The minimum atomic E-state index is -0.814. The maximum Gasteiger partial charge on any atom is 0.404 e. The maximum atomic E-state index is 14.4. The van der Waals surface area contributed by atoms with Crippen LogP contribution < -0.4 is 5.73 Å². The van der Waals surface area contributed by atoms with Gasteiger partial charge in [-0.3, -0.25) is 0 Å². The van der Waals surface area contributed by atoms with E-state index in [1.165, 1.54) is 6.07 Å². The predicted molar refractivity (Wildman–Crippen MR) is 81.8 cm³/mol. The molecular formula is C17H24FNO3. The fraction of sp³-hybridized carbons (Fsp3) is 0.588. The van der Waals surface area contributed by atoms with Crippen LogP contribution in [0, 0.1) is 11.7 Å². The molecule has 1 aliphatic carbocycles. The van der Waals surface area contributed by atoms with Crippen molar-refractivity contribution in [2.24, 2.45) is 11.7 Å². The lowest BCUT2D eigenvalue weighted by molar-refractivity contribution is -0.122. The van der Waals surface area contributed by atoms with Crippen LogP contribution in [0.5, 0.6) is 0 Å². The highest BCUT2D eigenvalue weighted by atomic mass is 19.1. The van der Waals surface area contributed by atoms with Gasteiger partial charge in [0.25, 0.3) is 0 Å². The molecule has 0 aliphatic heterocycles. The lowest BCUT2D eigenvalue weighted by atomic mass is 9.70. The third-order valence-corrected chi connectivity index (χ3v) is 4.79. The van der Waals surface area contributed by atoms with Crippen molar-refractivity contribution in [1.82, 2.24) is 0 Å². The molecule has 0 saturated heterocycles. The number of nitrogens with two attached hydrogens (primary N) is 1. The van der Waals surface area contributed by atoms with Crippen LogP contribution in [-0.4, -0.2) is 19.3 Å². The highest BCUT2D eigenvalue weighted by Crippen LogP contribution is 2.45. The van der Waals surface area contributed by atoms with Crippen molar-refractivity contribution >= 4 is 6.09 Å². The van der Waals surface area contributed by atoms with E-state index in [0.29, 0.717) is 12.0 Å². The molecule has 0 aromatic heterocycles. The molecule has 3 atom stereocenters. The molecule has 1 saturated carbocycles. The van der Waals surface area contributed by atoms with E-state index in [2.05, 4.69) is 0 Å². The number of rotatable bonds is 5. The molecule has 1 unspecified atom stereocenters. The molecule has 2 N–H and O–H groups in total. The zero-order valence-electron chi connectivity index (χ0n) is 13.2. The minimum absolute atomic E-state index is 0.111. The van der Waals surface area contributed by atoms with Gasteiger partial charge in [-0.1, -0.05) is 31.5 Å². The van der Waals surface area contributed by atoms with Gasteiger partial charge >= 0.3 is 6.09 Å². The third kappa shape index (κ3) is 3.09. The molecule has 1 aromatic rings. The first-order chi connectivity index (χ1) is 10.5. The average molecular weight is 309 g/mol. The average Bonchev–Trinajstić information content (AvgIpc) is 2.51. The zero-order chi connectivity index (χ0) is 16.2. The number of amides is 1. The Kier molecular flexibility index (Phi) is 5.40. The Bertz CT molecular complexity index is 516. The van der Waals surface area contributed by atoms with Gasteiger partial charge in [-0.05, 0) is 31.7 Å². The van der Waals surface area contributed by atoms with E-state index in [-0.39, 0.29) is 17.8 Å². The summed E-state index contributed by atoms with van der Waals surface area (Å²) in [6, 6.07) is 6.64. The van der Waals surface area contributed by atoms with Crippen LogP contribution in [0.25, 0.3) is 0 Å². The number of ether oxygens (including phenoxy) is 2. The van der Waals surface area contributed by atoms with Crippen LogP contribution in [0.3, 0.4) is 0 Å². The summed E-state index contributed by atoms with van der Waals surface area (Å²) >= 11 is 0. The molecule has 22 heavy (non-hydrogen) atoms. The second-order valence-electron chi connectivity index (χ2n) is 5.79. The predicted octanol–water partition coefficient (Wildman–Crippen LogP) is 3.73. The Morgan fingerprint density at radius 2 is 2.05 bits per heavy atom. The monoisotopic (exact) mass is 309 g/mol. The fourth-order valence-corrected chi connectivity index (χ4v) is 3.78. The maximum absolute atomic E-state index is 14.4. The number of methoxy groups -OCH3 is 1. The minimum Gasteiger partial charge on any atom is -0.446 e. The van der Waals surface area contributed by atoms with Crippen LogP contribution in [0.4, 0.5) is 9.18 Å². The molecule has 2 rings (SSSR count). The summed E-state index contributed by atoms with van der Waals surface area (Å²) in [6.07, 6.45) is 2.98. The van der Waals surface area contributed by atoms with Crippen molar-refractivity contribution in [3.05, 3.63) is 35.6 Å². The smallest absolute Gasteiger partial charge is 0.404 e. The Balaban J connectivity index is 2.44. The number of halogens is 1. The van der Waals surface area contributed by atoms with Crippen molar-refractivity contribution < 1.29 is 18.7 Å². The van der Waals surface area contributed by atoms with Gasteiger partial charge in [-0.2, -0.15) is 0 Å². The SMILES string of the molecule is CCC(OC)(c1ccccc1F)[C@H]1CCCC[C@@H]1OC(N)=O. The van der Waals surface area contributed by atoms with Crippen molar-refractivity contribution in [3.8, 4) is 0 Å². The summed E-state index contributed by atoms with van der Waals surface area (Å²) in [5.74, 6) is -0.407. The molecule has 0 spiro atoms. The van der Waals surface area contributed by atoms with Gasteiger partial charge in [0.1, 0.15) is 17.5 Å². The molecule has 1 aliphatic rings. The van der Waals surface area contributed by atoms with E-state index < -0.39 is 11.7 Å². The first kappa shape index (κ1) is 16.7. The molecule has 0 radical (unpaired) electrons. The van der Waals surface area contributed by atoms with Gasteiger partial charge in [0.2, 0.25) is 0 Å². The highest BCUT2D eigenvalue weighted by Gasteiger charge is 2.47. The van der Waals surface area contributed by atoms with Gasteiger partial charge in [0.15, 0.2) is 0 Å². The van der Waals surface area contributed by atoms with E-state index >= 15 is 0 Å². The standard InChI is InChI=1S/C17H24FNO3/c1-3-17(21-2,12-8-4-6-10-14(12)18)13-9-5-7-11-15(13)22-16(19)20/h4,6,8,10,13,15H,3,5,7,9,11H2,1-2H3,(H2,19,20)/t13-,15-,17?/m0/s1. The Morgan fingerprint density at radius 3 is 2.64 bits per heavy atom. The first-order valence-corrected chi connectivity index (χ1v) is 7.81. The third-order valence-electron chi connectivity index (χ3n) is 4.79. The molecule has 1 amide bonds. The second-order valence-corrected chi connectivity index (χ2v) is 5.79. The fourth-order valence-electron chi connectivity index (χ4n) is 3.78. The van der Waals surface area contributed by atoms with E-state index in [4.69, 9.17) is 15.2 Å². The quantitative estimate of drug-likeness (QED) is 0.901. The summed E-state index contributed by atoms with van der Waals surface area (Å²) < 4.78 is 25.5. The van der Waals surface area contributed by atoms with Crippen LogP contribution in [0.2, 0.25) is 0 Å². The number of hydrogen-bond acceptors (Lipinski definition) is 3. The lowest BCUT2D eigenvalue weighted by Crippen LogP contribution is -2.47. The number of carbonyl (C=O) groups is 1. The van der Waals surface area contributed by atoms with Gasteiger partial charge in [-0.25, -0.2) is 9.18 Å². The molecule has 5 heteroatoms. The van der Waals surface area contributed by atoms with Gasteiger partial charge in [0.05, 0.1) is 0 Å². The number of hydrogen-bond donors (Lipinski definition) is 1. The van der Waals surface area contributed by atoms with E-state index in [1.54, 1.807) is 25.3 Å². The second kappa shape index (κ2) is 7.09. The van der Waals surface area contributed by atoms with Crippen molar-refractivity contribution in [1.29, 1.82) is 0 Å². The van der Waals surface area contributed by atoms with Gasteiger partial charge < -0.3 is 15.2 Å². The number of primary amides is 1. The molecule has 1 aromatic carbocycles. The van der Waals surface area contributed by atoms with E-state index in [9.17, 15) is 9.18 Å². The van der Waals surface area contributed by atoms with Crippen LogP contribution in [-0.2, 0) is 15.1 Å². The summed E-state index contributed by atoms with van der Waals surface area (Å²) in [6.45, 7) is 1.96. The highest BCUT2D eigenvalue weighted by molar-refractivity contribution is 5.64. The Morgan fingerprint density at radius 1 is 1.36 bits per heavy atom. The number of benzene rings is 1. The van der Waals surface area contributed by atoms with Crippen molar-refractivity contribution in [2.45, 2.75) is 50.7 Å². The Hall–Kier alpha value is -1.62. The van der Waals surface area contributed by atoms with E-state index in [0.717, 1.165) is 25.7 Å². The summed E-state index contributed by atoms with van der Waals surface area (Å²) in [7, 11) is 1.59. The van der Waals surface area contributed by atoms with Crippen molar-refractivity contribution in [3.63, 3.8) is 0 Å². The Labute approximate surface area is 130 Å². The van der Waals surface area contributed by atoms with Crippen LogP contribution >= 0.6 is 0 Å². The van der Waals surface area contributed by atoms with Gasteiger partial charge in [-0.15, -0.1) is 0 Å². The number of carbonyl (C=O) groups excluding carboxylic acids is 1. The molecule has 122 valence electrons. The molecule has 0 heterocycles. The molecule has 1 fully saturated rings.